The van der Waals surface area contributed by atoms with Crippen LogP contribution in [0.1, 0.15) is 15.9 Å². The van der Waals surface area contributed by atoms with Crippen LogP contribution in [0.5, 0.6) is 0 Å². The number of hydrogen-bond acceptors (Lipinski definition) is 4. The molecule has 3 rings (SSSR count). The summed E-state index contributed by atoms with van der Waals surface area (Å²) in [6, 6.07) is 14.5. The summed E-state index contributed by atoms with van der Waals surface area (Å²) in [6.45, 7) is -0.121. The van der Waals surface area contributed by atoms with E-state index in [1.165, 1.54) is 10.5 Å². The van der Waals surface area contributed by atoms with E-state index >= 15 is 0 Å². The zero-order valence-corrected chi connectivity index (χ0v) is 18.7. The smallest absolute Gasteiger partial charge is 0.255 e. The van der Waals surface area contributed by atoms with Crippen molar-refractivity contribution in [1.29, 1.82) is 0 Å². The molecule has 0 spiro atoms. The normalized spacial score (nSPS) is 10.6. The highest BCUT2D eigenvalue weighted by atomic mass is 35.5. The average molecular weight is 465 g/mol. The number of anilines is 1. The number of halogens is 2. The summed E-state index contributed by atoms with van der Waals surface area (Å²) >= 11 is 15.4. The number of carbonyl (C=O) groups excluding carboxylic acids is 2. The Kier molecular flexibility index (Phi) is 7.61. The molecule has 0 radical (unpaired) electrons. The van der Waals surface area contributed by atoms with Gasteiger partial charge in [-0.1, -0.05) is 41.4 Å². The van der Waals surface area contributed by atoms with E-state index in [0.717, 1.165) is 10.6 Å². The van der Waals surface area contributed by atoms with E-state index in [1.54, 1.807) is 54.4 Å². The summed E-state index contributed by atoms with van der Waals surface area (Å²) in [5, 5.41) is 7.48. The van der Waals surface area contributed by atoms with Gasteiger partial charge in [-0.05, 0) is 46.7 Å². The van der Waals surface area contributed by atoms with Gasteiger partial charge in [-0.25, -0.2) is 0 Å². The molecule has 0 unspecified atom stereocenters. The summed E-state index contributed by atoms with van der Waals surface area (Å²) < 4.78 is 0. The first-order chi connectivity index (χ1) is 14.0. The molecule has 0 bridgehead atoms. The third-order valence-corrected chi connectivity index (χ3v) is 6.55. The lowest BCUT2D eigenvalue weighted by Gasteiger charge is -2.19. The fraction of sp³-hybridized carbons (Fsp3) is 0.143. The number of para-hydroxylation sites is 1. The second-order valence-corrected chi connectivity index (χ2v) is 8.83. The van der Waals surface area contributed by atoms with Gasteiger partial charge in [-0.15, -0.1) is 11.8 Å². The predicted octanol–water partition coefficient (Wildman–Crippen LogP) is 6.06. The number of amides is 2. The Morgan fingerprint density at radius 1 is 1.07 bits per heavy atom. The van der Waals surface area contributed by atoms with Crippen molar-refractivity contribution in [3.63, 3.8) is 0 Å². The molecule has 1 aromatic heterocycles. The first-order valence-electron chi connectivity index (χ1n) is 8.68. The molecule has 0 aliphatic carbocycles. The number of likely N-dealkylation sites (N-methyl/N-ethyl adjacent to an activating group) is 1. The van der Waals surface area contributed by atoms with Gasteiger partial charge in [0.1, 0.15) is 0 Å². The Labute approximate surface area is 187 Å². The molecule has 8 heteroatoms. The molecule has 3 aromatic rings. The minimum Gasteiger partial charge on any atom is -0.332 e. The van der Waals surface area contributed by atoms with Crippen LogP contribution < -0.4 is 5.32 Å². The van der Waals surface area contributed by atoms with Crippen molar-refractivity contribution in [2.45, 2.75) is 10.6 Å². The van der Waals surface area contributed by atoms with Crippen LogP contribution in [0.25, 0.3) is 0 Å². The number of thioether (sulfide) groups is 1. The third kappa shape index (κ3) is 5.76. The minimum atomic E-state index is -0.376. The van der Waals surface area contributed by atoms with E-state index in [1.807, 2.05) is 23.6 Å². The molecule has 2 amide bonds. The van der Waals surface area contributed by atoms with Crippen molar-refractivity contribution in [3.05, 3.63) is 80.5 Å². The van der Waals surface area contributed by atoms with Crippen molar-refractivity contribution in [2.24, 2.45) is 0 Å². The Bertz CT molecular complexity index is 989. The van der Waals surface area contributed by atoms with Crippen LogP contribution in [-0.4, -0.2) is 30.3 Å². The number of hydrogen-bond donors (Lipinski definition) is 1. The Morgan fingerprint density at radius 3 is 2.48 bits per heavy atom. The highest BCUT2D eigenvalue weighted by molar-refractivity contribution is 7.98. The Hall–Kier alpha value is -1.99. The highest BCUT2D eigenvalue weighted by Crippen LogP contribution is 2.30. The van der Waals surface area contributed by atoms with Gasteiger partial charge < -0.3 is 10.2 Å². The summed E-state index contributed by atoms with van der Waals surface area (Å²) in [7, 11) is 1.59. The number of benzene rings is 2. The van der Waals surface area contributed by atoms with Crippen molar-refractivity contribution >= 4 is 63.8 Å². The molecule has 0 saturated heterocycles. The molecule has 150 valence electrons. The van der Waals surface area contributed by atoms with E-state index in [4.69, 9.17) is 23.2 Å². The molecule has 2 aromatic carbocycles. The van der Waals surface area contributed by atoms with Crippen molar-refractivity contribution in [3.8, 4) is 0 Å². The lowest BCUT2D eigenvalue weighted by Crippen LogP contribution is -2.35. The first kappa shape index (κ1) is 21.7. The standard InChI is InChI=1S/C21H18Cl2N2O2S2/c1-25(11-19(26)24-20-16(22)6-4-7-17(20)23)21(27)15-5-2-3-8-18(15)29-13-14-9-10-28-12-14/h2-10,12H,11,13H2,1H3,(H,24,26). The molecular formula is C21H18Cl2N2O2S2. The van der Waals surface area contributed by atoms with Crippen LogP contribution in [0.3, 0.4) is 0 Å². The second-order valence-electron chi connectivity index (χ2n) is 6.22. The largest absolute Gasteiger partial charge is 0.332 e. The molecule has 0 aliphatic rings. The van der Waals surface area contributed by atoms with Crippen LogP contribution in [0.15, 0.2) is 64.2 Å². The lowest BCUT2D eigenvalue weighted by atomic mass is 10.2. The van der Waals surface area contributed by atoms with E-state index in [9.17, 15) is 9.59 Å². The molecule has 4 nitrogen and oxygen atoms in total. The molecule has 0 aliphatic heterocycles. The van der Waals surface area contributed by atoms with Crippen LogP contribution in [0, 0.1) is 0 Å². The number of thiophene rings is 1. The number of nitrogens with zero attached hydrogens (tertiary/aromatic N) is 1. The Morgan fingerprint density at radius 2 is 1.79 bits per heavy atom. The van der Waals surface area contributed by atoms with Gasteiger partial charge in [0.05, 0.1) is 27.8 Å². The van der Waals surface area contributed by atoms with Gasteiger partial charge in [0.2, 0.25) is 5.91 Å². The van der Waals surface area contributed by atoms with Crippen molar-refractivity contribution in [2.75, 3.05) is 18.9 Å². The molecule has 0 fully saturated rings. The predicted molar refractivity (Wildman–Crippen MR) is 122 cm³/mol. The molecule has 0 atom stereocenters. The molecule has 1 N–H and O–H groups in total. The number of rotatable bonds is 7. The zero-order valence-electron chi connectivity index (χ0n) is 15.5. The number of nitrogens with one attached hydrogen (secondary N) is 1. The van der Waals surface area contributed by atoms with E-state index < -0.39 is 0 Å². The molecule has 1 heterocycles. The van der Waals surface area contributed by atoms with E-state index in [-0.39, 0.29) is 18.4 Å². The molecule has 29 heavy (non-hydrogen) atoms. The fourth-order valence-electron chi connectivity index (χ4n) is 2.59. The van der Waals surface area contributed by atoms with Crippen LogP contribution in [0.4, 0.5) is 5.69 Å². The first-order valence-corrected chi connectivity index (χ1v) is 11.4. The van der Waals surface area contributed by atoms with Gasteiger partial charge in [0.15, 0.2) is 0 Å². The average Bonchev–Trinajstić information content (AvgIpc) is 3.22. The van der Waals surface area contributed by atoms with Crippen LogP contribution in [0.2, 0.25) is 10.0 Å². The SMILES string of the molecule is CN(CC(=O)Nc1c(Cl)cccc1Cl)C(=O)c1ccccc1SCc1ccsc1. The maximum absolute atomic E-state index is 12.9. The summed E-state index contributed by atoms with van der Waals surface area (Å²) in [6.07, 6.45) is 0. The second kappa shape index (κ2) is 10.2. The third-order valence-electron chi connectivity index (χ3n) is 4.05. The number of carbonyl (C=O) groups is 2. The summed E-state index contributed by atoms with van der Waals surface area (Å²) in [5.74, 6) is 0.182. The minimum absolute atomic E-state index is 0.121. The summed E-state index contributed by atoms with van der Waals surface area (Å²) in [4.78, 5) is 27.6. The highest BCUT2D eigenvalue weighted by Gasteiger charge is 2.19. The maximum atomic E-state index is 12.9. The van der Waals surface area contributed by atoms with Crippen LogP contribution in [-0.2, 0) is 10.5 Å². The van der Waals surface area contributed by atoms with E-state index in [0.29, 0.717) is 21.3 Å². The van der Waals surface area contributed by atoms with Crippen molar-refractivity contribution < 1.29 is 9.59 Å². The lowest BCUT2D eigenvalue weighted by molar-refractivity contribution is -0.116. The topological polar surface area (TPSA) is 49.4 Å². The van der Waals surface area contributed by atoms with E-state index in [2.05, 4.69) is 16.8 Å². The summed E-state index contributed by atoms with van der Waals surface area (Å²) in [5.41, 5.74) is 2.12. The van der Waals surface area contributed by atoms with Crippen molar-refractivity contribution in [1.82, 2.24) is 4.90 Å². The van der Waals surface area contributed by atoms with Gasteiger partial charge >= 0.3 is 0 Å². The molecule has 0 saturated carbocycles. The molecular weight excluding hydrogens is 447 g/mol. The van der Waals surface area contributed by atoms with Gasteiger partial charge in [-0.3, -0.25) is 9.59 Å². The Balaban J connectivity index is 1.66. The van der Waals surface area contributed by atoms with Gasteiger partial charge in [-0.2, -0.15) is 11.3 Å². The zero-order chi connectivity index (χ0) is 20.8. The monoisotopic (exact) mass is 464 g/mol. The fourth-order valence-corrected chi connectivity index (χ4v) is 4.85. The van der Waals surface area contributed by atoms with Gasteiger partial charge in [0.25, 0.3) is 5.91 Å². The van der Waals surface area contributed by atoms with Gasteiger partial charge in [0, 0.05) is 17.7 Å². The maximum Gasteiger partial charge on any atom is 0.255 e. The van der Waals surface area contributed by atoms with Crippen LogP contribution >= 0.6 is 46.3 Å². The quantitative estimate of drug-likeness (QED) is 0.432.